The van der Waals surface area contributed by atoms with E-state index < -0.39 is 0 Å². The van der Waals surface area contributed by atoms with Crippen LogP contribution in [0.1, 0.15) is 13.8 Å². The molecule has 0 aromatic rings. The minimum Gasteiger partial charge on any atom is -0.377 e. The monoisotopic (exact) mass is 329 g/mol. The van der Waals surface area contributed by atoms with Crippen LogP contribution in [-0.2, 0) is 4.74 Å². The van der Waals surface area contributed by atoms with Crippen LogP contribution in [0.25, 0.3) is 0 Å². The predicted molar refractivity (Wildman–Crippen MR) is 76.2 cm³/mol. The molecule has 0 radical (unpaired) electrons. The highest BCUT2D eigenvalue weighted by molar-refractivity contribution is 14.0. The molecule has 0 aliphatic rings. The molecule has 0 fully saturated rings. The Kier molecular flexibility index (Phi) is 10.7. The van der Waals surface area contributed by atoms with E-state index in [1.165, 1.54) is 0 Å². The highest BCUT2D eigenvalue weighted by atomic mass is 127. The molecule has 0 atom stereocenters. The predicted octanol–water partition coefficient (Wildman–Crippen LogP) is 1.51. The summed E-state index contributed by atoms with van der Waals surface area (Å²) in [6, 6.07) is 0. The van der Waals surface area contributed by atoms with Gasteiger partial charge in [0.2, 0.25) is 0 Å². The molecule has 0 unspecified atom stereocenters. The minimum absolute atomic E-state index is 0. The van der Waals surface area contributed by atoms with Crippen LogP contribution in [0, 0.1) is 0 Å². The van der Waals surface area contributed by atoms with Gasteiger partial charge in [-0.3, -0.25) is 4.99 Å². The highest BCUT2D eigenvalue weighted by Gasteiger charge is 2.02. The van der Waals surface area contributed by atoms with Gasteiger partial charge in [-0.2, -0.15) is 0 Å². The van der Waals surface area contributed by atoms with Crippen molar-refractivity contribution in [2.75, 3.05) is 41.3 Å². The van der Waals surface area contributed by atoms with E-state index >= 15 is 0 Å². The van der Waals surface area contributed by atoms with E-state index in [0.29, 0.717) is 13.2 Å². The Morgan fingerprint density at radius 3 is 1.93 bits per heavy atom. The summed E-state index contributed by atoms with van der Waals surface area (Å²) in [7, 11) is 7.95. The molecule has 0 amide bonds. The molecule has 0 bridgehead atoms. The zero-order valence-electron chi connectivity index (χ0n) is 10.6. The summed E-state index contributed by atoms with van der Waals surface area (Å²) in [6.45, 7) is 5.46. The summed E-state index contributed by atoms with van der Waals surface area (Å²) in [5.74, 6) is 0.970. The number of guanidine groups is 1. The zero-order valence-corrected chi connectivity index (χ0v) is 13.0. The quantitative estimate of drug-likeness (QED) is 0.339. The highest BCUT2D eigenvalue weighted by Crippen LogP contribution is 1.91. The van der Waals surface area contributed by atoms with Crippen molar-refractivity contribution in [3.05, 3.63) is 0 Å². The smallest absolute Gasteiger partial charge is 0.195 e. The SMILES string of the molecule is CC(C)OCCN=C(N(C)C)N(C)C.I. The van der Waals surface area contributed by atoms with Crippen LogP contribution in [0.4, 0.5) is 0 Å². The normalized spacial score (nSPS) is 9.53. The molecule has 0 spiro atoms. The third-order valence-electron chi connectivity index (χ3n) is 1.60. The second-order valence-corrected chi connectivity index (χ2v) is 3.89. The minimum atomic E-state index is 0. The molecule has 0 aliphatic carbocycles. The molecule has 0 aliphatic heterocycles. The lowest BCUT2D eigenvalue weighted by molar-refractivity contribution is 0.0851. The molecular weight excluding hydrogens is 305 g/mol. The number of halogens is 1. The summed E-state index contributed by atoms with van der Waals surface area (Å²) in [5, 5.41) is 0. The van der Waals surface area contributed by atoms with Crippen molar-refractivity contribution in [3.63, 3.8) is 0 Å². The summed E-state index contributed by atoms with van der Waals surface area (Å²) < 4.78 is 5.41. The third-order valence-corrected chi connectivity index (χ3v) is 1.60. The van der Waals surface area contributed by atoms with E-state index in [2.05, 4.69) is 4.99 Å². The lowest BCUT2D eigenvalue weighted by Gasteiger charge is -2.22. The van der Waals surface area contributed by atoms with Gasteiger partial charge in [0.05, 0.1) is 19.3 Å². The van der Waals surface area contributed by atoms with Gasteiger partial charge in [0.1, 0.15) is 0 Å². The van der Waals surface area contributed by atoms with E-state index in [1.54, 1.807) is 0 Å². The van der Waals surface area contributed by atoms with Gasteiger partial charge in [0.25, 0.3) is 0 Å². The van der Waals surface area contributed by atoms with Gasteiger partial charge in [0, 0.05) is 28.2 Å². The maximum atomic E-state index is 5.41. The maximum absolute atomic E-state index is 5.41. The second-order valence-electron chi connectivity index (χ2n) is 3.89. The molecule has 0 saturated heterocycles. The first-order valence-electron chi connectivity index (χ1n) is 4.95. The molecule has 0 aromatic carbocycles. The number of nitrogens with zero attached hydrogens (tertiary/aromatic N) is 3. The van der Waals surface area contributed by atoms with E-state index in [1.807, 2.05) is 51.8 Å². The molecule has 0 heterocycles. The number of hydrogen-bond acceptors (Lipinski definition) is 2. The van der Waals surface area contributed by atoms with Crippen LogP contribution >= 0.6 is 24.0 Å². The Morgan fingerprint density at radius 1 is 1.13 bits per heavy atom. The largest absolute Gasteiger partial charge is 0.377 e. The lowest BCUT2D eigenvalue weighted by atomic mass is 10.5. The Morgan fingerprint density at radius 2 is 1.60 bits per heavy atom. The van der Waals surface area contributed by atoms with Gasteiger partial charge in [-0.1, -0.05) is 0 Å². The molecule has 4 nitrogen and oxygen atoms in total. The van der Waals surface area contributed by atoms with Crippen LogP contribution < -0.4 is 0 Å². The van der Waals surface area contributed by atoms with Crippen molar-refractivity contribution in [3.8, 4) is 0 Å². The van der Waals surface area contributed by atoms with Gasteiger partial charge in [-0.05, 0) is 13.8 Å². The van der Waals surface area contributed by atoms with Crippen LogP contribution in [0.5, 0.6) is 0 Å². The first-order valence-corrected chi connectivity index (χ1v) is 4.95. The summed E-state index contributed by atoms with van der Waals surface area (Å²) in [5.41, 5.74) is 0. The fourth-order valence-corrected chi connectivity index (χ4v) is 1.12. The first kappa shape index (κ1) is 17.4. The van der Waals surface area contributed by atoms with Crippen molar-refractivity contribution in [2.24, 2.45) is 4.99 Å². The van der Waals surface area contributed by atoms with Crippen LogP contribution in [0.2, 0.25) is 0 Å². The van der Waals surface area contributed by atoms with Gasteiger partial charge in [-0.15, -0.1) is 24.0 Å². The topological polar surface area (TPSA) is 28.1 Å². The van der Waals surface area contributed by atoms with Gasteiger partial charge < -0.3 is 14.5 Å². The van der Waals surface area contributed by atoms with E-state index in [-0.39, 0.29) is 30.1 Å². The average Bonchev–Trinajstić information content (AvgIpc) is 2.01. The van der Waals surface area contributed by atoms with Crippen molar-refractivity contribution in [2.45, 2.75) is 20.0 Å². The van der Waals surface area contributed by atoms with Crippen molar-refractivity contribution < 1.29 is 4.74 Å². The van der Waals surface area contributed by atoms with Crippen molar-refractivity contribution in [1.29, 1.82) is 0 Å². The van der Waals surface area contributed by atoms with Crippen molar-refractivity contribution in [1.82, 2.24) is 9.80 Å². The zero-order chi connectivity index (χ0) is 11.1. The molecule has 5 heteroatoms. The summed E-state index contributed by atoms with van der Waals surface area (Å²) in [4.78, 5) is 8.43. The van der Waals surface area contributed by atoms with Gasteiger partial charge in [-0.25, -0.2) is 0 Å². The summed E-state index contributed by atoms with van der Waals surface area (Å²) in [6.07, 6.45) is 0.285. The molecule has 15 heavy (non-hydrogen) atoms. The molecular formula is C10H24IN3O. The fourth-order valence-electron chi connectivity index (χ4n) is 1.12. The van der Waals surface area contributed by atoms with Crippen molar-refractivity contribution >= 4 is 29.9 Å². The third kappa shape index (κ3) is 8.92. The lowest BCUT2D eigenvalue weighted by Crippen LogP contribution is -2.35. The summed E-state index contributed by atoms with van der Waals surface area (Å²) >= 11 is 0. The first-order chi connectivity index (χ1) is 6.45. The maximum Gasteiger partial charge on any atom is 0.195 e. The van der Waals surface area contributed by atoms with E-state index in [4.69, 9.17) is 4.74 Å². The molecule has 0 aromatic heterocycles. The number of rotatable bonds is 4. The Labute approximate surface area is 111 Å². The second kappa shape index (κ2) is 9.21. The number of aliphatic imine (C=N–C) groups is 1. The molecule has 0 N–H and O–H groups in total. The Balaban J connectivity index is 0. The van der Waals surface area contributed by atoms with Gasteiger partial charge in [0.15, 0.2) is 5.96 Å². The molecule has 0 saturated carbocycles. The number of hydrogen-bond donors (Lipinski definition) is 0. The van der Waals surface area contributed by atoms with Gasteiger partial charge >= 0.3 is 0 Å². The van der Waals surface area contributed by atoms with E-state index in [0.717, 1.165) is 5.96 Å². The average molecular weight is 329 g/mol. The van der Waals surface area contributed by atoms with Crippen LogP contribution in [0.15, 0.2) is 4.99 Å². The van der Waals surface area contributed by atoms with Crippen LogP contribution in [-0.4, -0.2) is 63.2 Å². The molecule has 92 valence electrons. The standard InChI is InChI=1S/C10H23N3O.HI/c1-9(2)14-8-7-11-10(12(3)4)13(5)6;/h9H,7-8H2,1-6H3;1H. The van der Waals surface area contributed by atoms with E-state index in [9.17, 15) is 0 Å². The van der Waals surface area contributed by atoms with Crippen LogP contribution in [0.3, 0.4) is 0 Å². The Hall–Kier alpha value is -0.0400. The number of ether oxygens (including phenoxy) is 1. The Bertz CT molecular complexity index is 172. The fraction of sp³-hybridized carbons (Fsp3) is 0.900. The molecule has 0 rings (SSSR count).